The molecule has 0 radical (unpaired) electrons. The molecule has 2 aliphatic heterocycles. The SMILES string of the molecule is CN1CCCC2(CCN(C(=O)c3cc4c(Cl)cccc4n3C)C2)C1=O. The Labute approximate surface area is 152 Å². The molecule has 6 heteroatoms. The van der Waals surface area contributed by atoms with Gasteiger partial charge in [0.1, 0.15) is 5.69 Å². The number of benzene rings is 1. The summed E-state index contributed by atoms with van der Waals surface area (Å²) in [6.07, 6.45) is 2.64. The van der Waals surface area contributed by atoms with Gasteiger partial charge < -0.3 is 14.4 Å². The topological polar surface area (TPSA) is 45.5 Å². The van der Waals surface area contributed by atoms with Crippen molar-refractivity contribution in [2.75, 3.05) is 26.7 Å². The third kappa shape index (κ3) is 2.44. The van der Waals surface area contributed by atoms with Gasteiger partial charge in [0.15, 0.2) is 0 Å². The number of piperidine rings is 1. The van der Waals surface area contributed by atoms with E-state index in [1.165, 1.54) is 0 Å². The minimum Gasteiger partial charge on any atom is -0.345 e. The fourth-order valence-corrected chi connectivity index (χ4v) is 4.61. The Balaban J connectivity index is 1.64. The van der Waals surface area contributed by atoms with Gasteiger partial charge in [-0.25, -0.2) is 0 Å². The maximum absolute atomic E-state index is 13.1. The first-order valence-electron chi connectivity index (χ1n) is 8.72. The van der Waals surface area contributed by atoms with E-state index in [1.807, 2.05) is 52.7 Å². The van der Waals surface area contributed by atoms with Gasteiger partial charge in [-0.15, -0.1) is 0 Å². The molecule has 0 bridgehead atoms. The van der Waals surface area contributed by atoms with E-state index in [9.17, 15) is 9.59 Å². The number of amides is 2. The molecule has 2 amide bonds. The lowest BCUT2D eigenvalue weighted by molar-refractivity contribution is -0.143. The van der Waals surface area contributed by atoms with Gasteiger partial charge in [-0.2, -0.15) is 0 Å². The Morgan fingerprint density at radius 1 is 1.20 bits per heavy atom. The number of fused-ring (bicyclic) bond motifs is 1. The van der Waals surface area contributed by atoms with Gasteiger partial charge in [0.25, 0.3) is 5.91 Å². The zero-order valence-corrected chi connectivity index (χ0v) is 15.3. The standard InChI is InChI=1S/C19H22ClN3O2/c1-21-9-4-7-19(18(21)25)8-10-23(12-19)17(24)16-11-13-14(20)5-3-6-15(13)22(16)2/h3,5-6,11H,4,7-10,12H2,1-2H3. The molecule has 1 unspecified atom stereocenters. The molecule has 2 fully saturated rings. The zero-order chi connectivity index (χ0) is 17.8. The zero-order valence-electron chi connectivity index (χ0n) is 14.6. The van der Waals surface area contributed by atoms with Crippen molar-refractivity contribution in [1.82, 2.24) is 14.4 Å². The second kappa shape index (κ2) is 5.77. The molecular weight excluding hydrogens is 338 g/mol. The smallest absolute Gasteiger partial charge is 0.270 e. The van der Waals surface area contributed by atoms with Crippen LogP contribution in [0.3, 0.4) is 0 Å². The average Bonchev–Trinajstić information content (AvgIpc) is 3.16. The minimum absolute atomic E-state index is 0.0207. The molecule has 2 aromatic rings. The number of halogens is 1. The lowest BCUT2D eigenvalue weighted by Crippen LogP contribution is -2.48. The average molecular weight is 360 g/mol. The predicted molar refractivity (Wildman–Crippen MR) is 97.8 cm³/mol. The second-order valence-corrected chi connectivity index (χ2v) is 7.76. The normalized spacial score (nSPS) is 23.9. The van der Waals surface area contributed by atoms with Gasteiger partial charge in [0.05, 0.1) is 5.41 Å². The Kier molecular flexibility index (Phi) is 3.80. The van der Waals surface area contributed by atoms with Gasteiger partial charge in [-0.3, -0.25) is 9.59 Å². The summed E-state index contributed by atoms with van der Waals surface area (Å²) in [5, 5.41) is 1.53. The molecule has 0 aliphatic carbocycles. The van der Waals surface area contributed by atoms with E-state index in [0.29, 0.717) is 23.8 Å². The van der Waals surface area contributed by atoms with Crippen molar-refractivity contribution in [2.24, 2.45) is 12.5 Å². The summed E-state index contributed by atoms with van der Waals surface area (Å²) in [5.74, 6) is 0.168. The summed E-state index contributed by atoms with van der Waals surface area (Å²) < 4.78 is 1.89. The van der Waals surface area contributed by atoms with Crippen molar-refractivity contribution in [3.63, 3.8) is 0 Å². The number of hydrogen-bond acceptors (Lipinski definition) is 2. The number of carbonyl (C=O) groups excluding carboxylic acids is 2. The summed E-state index contributed by atoms with van der Waals surface area (Å²) in [4.78, 5) is 29.4. The van der Waals surface area contributed by atoms with E-state index in [0.717, 1.165) is 36.7 Å². The van der Waals surface area contributed by atoms with E-state index in [-0.39, 0.29) is 17.2 Å². The molecule has 132 valence electrons. The molecule has 2 aliphatic rings. The van der Waals surface area contributed by atoms with Crippen molar-refractivity contribution < 1.29 is 9.59 Å². The summed E-state index contributed by atoms with van der Waals surface area (Å²) in [6.45, 7) is 1.97. The highest BCUT2D eigenvalue weighted by Gasteiger charge is 2.48. The lowest BCUT2D eigenvalue weighted by Gasteiger charge is -2.37. The van der Waals surface area contributed by atoms with E-state index >= 15 is 0 Å². The van der Waals surface area contributed by atoms with Crippen molar-refractivity contribution in [3.05, 3.63) is 35.0 Å². The first-order chi connectivity index (χ1) is 11.9. The maximum Gasteiger partial charge on any atom is 0.270 e. The molecule has 1 atom stereocenters. The summed E-state index contributed by atoms with van der Waals surface area (Å²) >= 11 is 6.27. The van der Waals surface area contributed by atoms with Crippen LogP contribution in [-0.2, 0) is 11.8 Å². The van der Waals surface area contributed by atoms with Gasteiger partial charge >= 0.3 is 0 Å². The van der Waals surface area contributed by atoms with Crippen LogP contribution >= 0.6 is 11.6 Å². The number of aromatic nitrogens is 1. The molecule has 1 spiro atoms. The number of nitrogens with zero attached hydrogens (tertiary/aromatic N) is 3. The molecule has 2 saturated heterocycles. The lowest BCUT2D eigenvalue weighted by atomic mass is 9.78. The molecule has 0 saturated carbocycles. The van der Waals surface area contributed by atoms with Crippen molar-refractivity contribution in [3.8, 4) is 0 Å². The first-order valence-corrected chi connectivity index (χ1v) is 9.09. The summed E-state index contributed by atoms with van der Waals surface area (Å²) in [7, 11) is 3.75. The van der Waals surface area contributed by atoms with E-state index in [4.69, 9.17) is 11.6 Å². The Morgan fingerprint density at radius 2 is 2.00 bits per heavy atom. The summed E-state index contributed by atoms with van der Waals surface area (Å²) in [5.41, 5.74) is 1.18. The minimum atomic E-state index is -0.384. The van der Waals surface area contributed by atoms with Crippen LogP contribution in [0.1, 0.15) is 29.8 Å². The van der Waals surface area contributed by atoms with Crippen LogP contribution in [0, 0.1) is 5.41 Å². The van der Waals surface area contributed by atoms with Crippen LogP contribution in [-0.4, -0.2) is 52.9 Å². The molecule has 25 heavy (non-hydrogen) atoms. The molecule has 0 N–H and O–H groups in total. The molecule has 3 heterocycles. The quantitative estimate of drug-likeness (QED) is 0.786. The van der Waals surface area contributed by atoms with Crippen LogP contribution in [0.15, 0.2) is 24.3 Å². The van der Waals surface area contributed by atoms with Crippen molar-refractivity contribution in [2.45, 2.75) is 19.3 Å². The van der Waals surface area contributed by atoms with E-state index in [1.54, 1.807) is 0 Å². The Morgan fingerprint density at radius 3 is 2.76 bits per heavy atom. The van der Waals surface area contributed by atoms with Crippen LogP contribution in [0.2, 0.25) is 5.02 Å². The highest BCUT2D eigenvalue weighted by Crippen LogP contribution is 2.40. The van der Waals surface area contributed by atoms with Crippen molar-refractivity contribution in [1.29, 1.82) is 0 Å². The number of likely N-dealkylation sites (tertiary alicyclic amines) is 2. The second-order valence-electron chi connectivity index (χ2n) is 7.35. The van der Waals surface area contributed by atoms with Crippen LogP contribution in [0.25, 0.3) is 10.9 Å². The number of rotatable bonds is 1. The predicted octanol–water partition coefficient (Wildman–Crippen LogP) is 2.92. The molecule has 1 aromatic heterocycles. The third-order valence-electron chi connectivity index (χ3n) is 5.84. The Bertz CT molecular complexity index is 875. The molecule has 4 rings (SSSR count). The van der Waals surface area contributed by atoms with Gasteiger partial charge in [0, 0.05) is 49.7 Å². The van der Waals surface area contributed by atoms with Crippen LogP contribution in [0.5, 0.6) is 0 Å². The van der Waals surface area contributed by atoms with Gasteiger partial charge in [-0.05, 0) is 37.5 Å². The monoisotopic (exact) mass is 359 g/mol. The Hall–Kier alpha value is -2.01. The highest BCUT2D eigenvalue weighted by molar-refractivity contribution is 6.35. The first kappa shape index (κ1) is 16.5. The van der Waals surface area contributed by atoms with Crippen LogP contribution < -0.4 is 0 Å². The van der Waals surface area contributed by atoms with E-state index in [2.05, 4.69) is 0 Å². The van der Waals surface area contributed by atoms with Crippen LogP contribution in [0.4, 0.5) is 0 Å². The molecule has 5 nitrogen and oxygen atoms in total. The maximum atomic E-state index is 13.1. The van der Waals surface area contributed by atoms with E-state index < -0.39 is 0 Å². The van der Waals surface area contributed by atoms with Gasteiger partial charge in [0.2, 0.25) is 5.91 Å². The molecular formula is C19H22ClN3O2. The van der Waals surface area contributed by atoms with Crippen molar-refractivity contribution >= 4 is 34.3 Å². The fourth-order valence-electron chi connectivity index (χ4n) is 4.38. The fraction of sp³-hybridized carbons (Fsp3) is 0.474. The number of aryl methyl sites for hydroxylation is 1. The van der Waals surface area contributed by atoms with Gasteiger partial charge in [-0.1, -0.05) is 17.7 Å². The number of carbonyl (C=O) groups is 2. The molecule has 1 aromatic carbocycles. The highest BCUT2D eigenvalue weighted by atomic mass is 35.5. The summed E-state index contributed by atoms with van der Waals surface area (Å²) in [6, 6.07) is 7.54. The largest absolute Gasteiger partial charge is 0.345 e. The third-order valence-corrected chi connectivity index (χ3v) is 6.17. The number of hydrogen-bond donors (Lipinski definition) is 0.